The molecule has 3 aliphatic rings. The van der Waals surface area contributed by atoms with E-state index in [9.17, 15) is 0 Å². The molecular formula is C12H21N3O. The highest BCUT2D eigenvalue weighted by molar-refractivity contribution is 5.24. The summed E-state index contributed by atoms with van der Waals surface area (Å²) in [5.41, 5.74) is 9.05. The summed E-state index contributed by atoms with van der Waals surface area (Å²) >= 11 is 0. The first-order chi connectivity index (χ1) is 7.83. The smallest absolute Gasteiger partial charge is 0.0623 e. The van der Waals surface area contributed by atoms with Crippen LogP contribution in [-0.2, 0) is 4.74 Å². The van der Waals surface area contributed by atoms with Crippen LogP contribution in [0.2, 0.25) is 0 Å². The number of nitrogens with two attached hydrogens (primary N) is 1. The zero-order chi connectivity index (χ0) is 11.0. The van der Waals surface area contributed by atoms with E-state index in [0.29, 0.717) is 6.04 Å². The topological polar surface area (TPSA) is 50.5 Å². The van der Waals surface area contributed by atoms with Crippen LogP contribution in [0.25, 0.3) is 0 Å². The fourth-order valence-electron chi connectivity index (χ4n) is 3.02. The standard InChI is InChI=1S/C12H21N3O/c13-10-4-11(8-16-7-10)15-5-9-2-1-3-14-12(9)6-15/h10-11,14H,1-8,13H2. The van der Waals surface area contributed by atoms with E-state index in [-0.39, 0.29) is 6.04 Å². The van der Waals surface area contributed by atoms with Crippen molar-refractivity contribution in [1.29, 1.82) is 0 Å². The molecule has 3 N–H and O–H groups in total. The Balaban J connectivity index is 1.62. The summed E-state index contributed by atoms with van der Waals surface area (Å²) in [5, 5.41) is 3.53. The molecule has 0 bridgehead atoms. The van der Waals surface area contributed by atoms with Gasteiger partial charge >= 0.3 is 0 Å². The highest BCUT2D eigenvalue weighted by Gasteiger charge is 2.31. The summed E-state index contributed by atoms with van der Waals surface area (Å²) in [5.74, 6) is 0. The fourth-order valence-corrected chi connectivity index (χ4v) is 3.02. The van der Waals surface area contributed by atoms with Gasteiger partial charge in [-0.05, 0) is 24.8 Å². The van der Waals surface area contributed by atoms with Crippen molar-refractivity contribution in [1.82, 2.24) is 10.2 Å². The van der Waals surface area contributed by atoms with Crippen molar-refractivity contribution in [2.75, 3.05) is 32.8 Å². The maximum absolute atomic E-state index is 5.96. The lowest BCUT2D eigenvalue weighted by Gasteiger charge is -2.33. The van der Waals surface area contributed by atoms with Crippen molar-refractivity contribution >= 4 is 0 Å². The van der Waals surface area contributed by atoms with E-state index >= 15 is 0 Å². The Hall–Kier alpha value is -0.580. The Morgan fingerprint density at radius 3 is 3.06 bits per heavy atom. The van der Waals surface area contributed by atoms with E-state index < -0.39 is 0 Å². The van der Waals surface area contributed by atoms with Crippen molar-refractivity contribution in [2.45, 2.75) is 31.3 Å². The van der Waals surface area contributed by atoms with Gasteiger partial charge in [0, 0.05) is 37.4 Å². The molecule has 0 saturated carbocycles. The van der Waals surface area contributed by atoms with Crippen LogP contribution in [0.15, 0.2) is 11.3 Å². The van der Waals surface area contributed by atoms with Crippen molar-refractivity contribution in [3.8, 4) is 0 Å². The van der Waals surface area contributed by atoms with Crippen LogP contribution in [0.3, 0.4) is 0 Å². The van der Waals surface area contributed by atoms with Crippen molar-refractivity contribution < 1.29 is 4.74 Å². The molecule has 4 heteroatoms. The zero-order valence-electron chi connectivity index (χ0n) is 9.74. The van der Waals surface area contributed by atoms with Crippen molar-refractivity contribution in [3.63, 3.8) is 0 Å². The lowest BCUT2D eigenvalue weighted by molar-refractivity contribution is 0.0161. The number of rotatable bonds is 1. The zero-order valence-corrected chi connectivity index (χ0v) is 9.74. The average Bonchev–Trinajstić information content (AvgIpc) is 2.72. The molecule has 0 aromatic rings. The first kappa shape index (κ1) is 10.6. The number of ether oxygens (including phenoxy) is 1. The Labute approximate surface area is 96.8 Å². The molecular weight excluding hydrogens is 202 g/mol. The third-order valence-corrected chi connectivity index (χ3v) is 3.91. The fraction of sp³-hybridized carbons (Fsp3) is 0.833. The van der Waals surface area contributed by atoms with Crippen LogP contribution >= 0.6 is 0 Å². The summed E-state index contributed by atoms with van der Waals surface area (Å²) in [7, 11) is 0. The molecule has 3 aliphatic heterocycles. The van der Waals surface area contributed by atoms with Crippen LogP contribution in [-0.4, -0.2) is 49.8 Å². The molecule has 0 spiro atoms. The van der Waals surface area contributed by atoms with Gasteiger partial charge in [-0.2, -0.15) is 0 Å². The van der Waals surface area contributed by atoms with Gasteiger partial charge in [-0.25, -0.2) is 0 Å². The number of nitrogens with one attached hydrogen (secondary N) is 1. The molecule has 0 radical (unpaired) electrons. The van der Waals surface area contributed by atoms with E-state index in [1.807, 2.05) is 0 Å². The van der Waals surface area contributed by atoms with Gasteiger partial charge in [-0.1, -0.05) is 0 Å². The maximum Gasteiger partial charge on any atom is 0.0623 e. The van der Waals surface area contributed by atoms with Crippen molar-refractivity contribution in [2.24, 2.45) is 5.73 Å². The predicted molar refractivity (Wildman–Crippen MR) is 63.0 cm³/mol. The second-order valence-electron chi connectivity index (χ2n) is 5.20. The van der Waals surface area contributed by atoms with Crippen LogP contribution in [0, 0.1) is 0 Å². The van der Waals surface area contributed by atoms with Gasteiger partial charge in [0.05, 0.1) is 13.2 Å². The van der Waals surface area contributed by atoms with Crippen molar-refractivity contribution in [3.05, 3.63) is 11.3 Å². The highest BCUT2D eigenvalue weighted by atomic mass is 16.5. The lowest BCUT2D eigenvalue weighted by atomic mass is 10.0. The molecule has 2 unspecified atom stereocenters. The van der Waals surface area contributed by atoms with Gasteiger partial charge < -0.3 is 15.8 Å². The average molecular weight is 223 g/mol. The van der Waals surface area contributed by atoms with Gasteiger partial charge in [-0.3, -0.25) is 4.90 Å². The van der Waals surface area contributed by atoms with Gasteiger partial charge in [0.1, 0.15) is 0 Å². The van der Waals surface area contributed by atoms with Gasteiger partial charge in [0.25, 0.3) is 0 Å². The second kappa shape index (κ2) is 4.35. The lowest BCUT2D eigenvalue weighted by Crippen LogP contribution is -2.47. The number of hydrogen-bond donors (Lipinski definition) is 2. The quantitative estimate of drug-likeness (QED) is 0.660. The summed E-state index contributed by atoms with van der Waals surface area (Å²) in [4.78, 5) is 2.53. The van der Waals surface area contributed by atoms with Crippen LogP contribution < -0.4 is 11.1 Å². The highest BCUT2D eigenvalue weighted by Crippen LogP contribution is 2.26. The molecule has 16 heavy (non-hydrogen) atoms. The van der Waals surface area contributed by atoms with Crippen LogP contribution in [0.4, 0.5) is 0 Å². The maximum atomic E-state index is 5.96. The summed E-state index contributed by atoms with van der Waals surface area (Å²) in [6, 6.07) is 0.750. The Morgan fingerprint density at radius 2 is 2.25 bits per heavy atom. The summed E-state index contributed by atoms with van der Waals surface area (Å²) < 4.78 is 5.55. The molecule has 0 aliphatic carbocycles. The second-order valence-corrected chi connectivity index (χ2v) is 5.20. The Morgan fingerprint density at radius 1 is 1.31 bits per heavy atom. The molecule has 90 valence electrons. The SMILES string of the molecule is NC1COCC(N2CC3=C(C2)NCCC3)C1. The van der Waals surface area contributed by atoms with Gasteiger partial charge in [0.15, 0.2) is 0 Å². The molecule has 4 nitrogen and oxygen atoms in total. The normalized spacial score (nSPS) is 36.1. The number of hydrogen-bond acceptors (Lipinski definition) is 4. The first-order valence-corrected chi connectivity index (χ1v) is 6.35. The molecule has 0 aromatic heterocycles. The van der Waals surface area contributed by atoms with E-state index in [2.05, 4.69) is 10.2 Å². The van der Waals surface area contributed by atoms with Crippen LogP contribution in [0.5, 0.6) is 0 Å². The Kier molecular flexibility index (Phi) is 2.88. The van der Waals surface area contributed by atoms with Gasteiger partial charge in [0.2, 0.25) is 0 Å². The summed E-state index contributed by atoms with van der Waals surface area (Å²) in [6.07, 6.45) is 3.65. The van der Waals surface area contributed by atoms with E-state index in [4.69, 9.17) is 10.5 Å². The van der Waals surface area contributed by atoms with E-state index in [0.717, 1.165) is 39.3 Å². The predicted octanol–water partition coefficient (Wildman–Crippen LogP) is 0.0557. The molecule has 0 aromatic carbocycles. The van der Waals surface area contributed by atoms with Gasteiger partial charge in [-0.15, -0.1) is 0 Å². The third-order valence-electron chi connectivity index (χ3n) is 3.91. The molecule has 2 atom stereocenters. The molecule has 0 amide bonds. The minimum Gasteiger partial charge on any atom is -0.387 e. The third kappa shape index (κ3) is 1.97. The summed E-state index contributed by atoms with van der Waals surface area (Å²) in [6.45, 7) is 4.94. The molecule has 1 saturated heterocycles. The monoisotopic (exact) mass is 223 g/mol. The minimum absolute atomic E-state index is 0.226. The molecule has 1 fully saturated rings. The first-order valence-electron chi connectivity index (χ1n) is 6.35. The molecule has 3 rings (SSSR count). The largest absolute Gasteiger partial charge is 0.387 e. The Bertz CT molecular complexity index is 285. The molecule has 3 heterocycles. The van der Waals surface area contributed by atoms with Crippen LogP contribution in [0.1, 0.15) is 19.3 Å². The number of nitrogens with zero attached hydrogens (tertiary/aromatic N) is 1. The van der Waals surface area contributed by atoms with E-state index in [1.54, 1.807) is 5.57 Å². The minimum atomic E-state index is 0.226. The van der Waals surface area contributed by atoms with E-state index in [1.165, 1.54) is 18.5 Å².